The average Bonchev–Trinajstić information content (AvgIpc) is 2.86. The lowest BCUT2D eigenvalue weighted by atomic mass is 10.1. The van der Waals surface area contributed by atoms with E-state index in [0.29, 0.717) is 6.42 Å². The molecular weight excluding hydrogens is 322 g/mol. The first-order valence-electron chi connectivity index (χ1n) is 7.73. The van der Waals surface area contributed by atoms with Crippen LogP contribution in [0.25, 0.3) is 0 Å². The second kappa shape index (κ2) is 12.1. The number of nitrogens with zero attached hydrogens (tertiary/aromatic N) is 1. The molecule has 0 aromatic rings. The molecule has 7 heteroatoms. The van der Waals surface area contributed by atoms with Crippen molar-refractivity contribution >= 4 is 33.5 Å². The lowest BCUT2D eigenvalue weighted by molar-refractivity contribution is -0.870. The summed E-state index contributed by atoms with van der Waals surface area (Å²) < 4.78 is 0.841. The molecular formula is C15H30NO4S2+. The van der Waals surface area contributed by atoms with Gasteiger partial charge in [-0.1, -0.05) is 28.0 Å². The lowest BCUT2D eigenvalue weighted by Gasteiger charge is -2.23. The third-order valence-corrected chi connectivity index (χ3v) is 6.12. The number of unbranched alkanes of at least 4 members (excludes halogenated alkanes) is 1. The first-order chi connectivity index (χ1) is 10.2. The van der Waals surface area contributed by atoms with Crippen LogP contribution >= 0.6 is 21.6 Å². The SMILES string of the molecule is C[N+](C)(C)CCCC(=O)O.O=C(O)CCCC[C@H]1CCSS1. The van der Waals surface area contributed by atoms with Gasteiger partial charge in [-0.25, -0.2) is 0 Å². The molecule has 5 nitrogen and oxygen atoms in total. The molecule has 0 aromatic carbocycles. The summed E-state index contributed by atoms with van der Waals surface area (Å²) >= 11 is 0. The number of aliphatic carboxylic acids is 2. The third-order valence-electron chi connectivity index (χ3n) is 3.11. The number of carbonyl (C=O) groups is 2. The fraction of sp³-hybridized carbons (Fsp3) is 0.867. The van der Waals surface area contributed by atoms with Gasteiger partial charge >= 0.3 is 11.9 Å². The molecule has 22 heavy (non-hydrogen) atoms. The summed E-state index contributed by atoms with van der Waals surface area (Å²) in [6, 6.07) is 0. The summed E-state index contributed by atoms with van der Waals surface area (Å²) in [7, 11) is 10.1. The highest BCUT2D eigenvalue weighted by molar-refractivity contribution is 8.77. The van der Waals surface area contributed by atoms with Crippen molar-refractivity contribution in [3.05, 3.63) is 0 Å². The number of quaternary nitrogens is 1. The molecule has 1 atom stereocenters. The first kappa shape index (κ1) is 21.6. The Kier molecular flexibility index (Phi) is 11.9. The Morgan fingerprint density at radius 1 is 1.05 bits per heavy atom. The second-order valence-electron chi connectivity index (χ2n) is 6.48. The molecule has 1 rings (SSSR count). The molecule has 0 radical (unpaired) electrons. The highest BCUT2D eigenvalue weighted by Crippen LogP contribution is 2.39. The highest BCUT2D eigenvalue weighted by atomic mass is 33.1. The molecule has 2 N–H and O–H groups in total. The smallest absolute Gasteiger partial charge is 0.303 e. The van der Waals surface area contributed by atoms with Gasteiger partial charge in [-0.15, -0.1) is 0 Å². The van der Waals surface area contributed by atoms with E-state index in [1.165, 1.54) is 18.6 Å². The topological polar surface area (TPSA) is 74.6 Å². The minimum Gasteiger partial charge on any atom is -0.481 e. The maximum absolute atomic E-state index is 10.2. The Labute approximate surface area is 141 Å². The van der Waals surface area contributed by atoms with Crippen LogP contribution in [0.15, 0.2) is 0 Å². The van der Waals surface area contributed by atoms with Crippen molar-refractivity contribution in [3.8, 4) is 0 Å². The summed E-state index contributed by atoms with van der Waals surface area (Å²) in [5.74, 6) is -0.0919. The molecule has 0 saturated carbocycles. The highest BCUT2D eigenvalue weighted by Gasteiger charge is 2.15. The van der Waals surface area contributed by atoms with Gasteiger partial charge in [0.1, 0.15) is 0 Å². The van der Waals surface area contributed by atoms with Gasteiger partial charge in [-0.2, -0.15) is 0 Å². The Hall–Kier alpha value is -0.400. The lowest BCUT2D eigenvalue weighted by Crippen LogP contribution is -2.35. The zero-order valence-corrected chi connectivity index (χ0v) is 15.5. The van der Waals surface area contributed by atoms with Gasteiger partial charge in [0.25, 0.3) is 0 Å². The van der Waals surface area contributed by atoms with Crippen molar-refractivity contribution in [1.82, 2.24) is 0 Å². The van der Waals surface area contributed by atoms with E-state index in [9.17, 15) is 9.59 Å². The van der Waals surface area contributed by atoms with Crippen LogP contribution < -0.4 is 0 Å². The predicted octanol–water partition coefficient (Wildman–Crippen LogP) is 3.34. The van der Waals surface area contributed by atoms with Gasteiger partial charge < -0.3 is 14.7 Å². The normalized spacial score (nSPS) is 17.7. The van der Waals surface area contributed by atoms with Gasteiger partial charge in [-0.3, -0.25) is 9.59 Å². The molecule has 0 spiro atoms. The minimum absolute atomic E-state index is 0.287. The summed E-state index contributed by atoms with van der Waals surface area (Å²) in [6.45, 7) is 0.923. The molecule has 0 bridgehead atoms. The zero-order valence-electron chi connectivity index (χ0n) is 13.9. The molecule has 0 aliphatic carbocycles. The molecule has 1 heterocycles. The Morgan fingerprint density at radius 2 is 1.64 bits per heavy atom. The number of hydrogen-bond acceptors (Lipinski definition) is 4. The van der Waals surface area contributed by atoms with Crippen molar-refractivity contribution in [2.24, 2.45) is 0 Å². The second-order valence-corrected chi connectivity index (χ2v) is 9.27. The van der Waals surface area contributed by atoms with E-state index in [1.807, 2.05) is 21.6 Å². The summed E-state index contributed by atoms with van der Waals surface area (Å²) in [4.78, 5) is 20.3. The molecule has 1 fully saturated rings. The summed E-state index contributed by atoms with van der Waals surface area (Å²) in [5, 5.41) is 17.5. The molecule has 0 unspecified atom stereocenters. The van der Waals surface area contributed by atoms with Crippen molar-refractivity contribution in [3.63, 3.8) is 0 Å². The van der Waals surface area contributed by atoms with Crippen molar-refractivity contribution in [2.45, 2.75) is 50.2 Å². The van der Waals surface area contributed by atoms with Gasteiger partial charge in [0.15, 0.2) is 0 Å². The van der Waals surface area contributed by atoms with E-state index in [0.717, 1.165) is 35.5 Å². The first-order valence-corrected chi connectivity index (χ1v) is 10.1. The van der Waals surface area contributed by atoms with Gasteiger partial charge in [0, 0.05) is 23.8 Å². The number of carboxylic acids is 2. The standard InChI is InChI=1S/C8H14O2S2.C7H15NO2/c9-8(10)4-2-1-3-7-5-6-11-12-7;1-8(2,3)6-4-5-7(9)10/h7H,1-6H2,(H,9,10);4-6H2,1-3H3/p+1/t7-;/m0./s1. The fourth-order valence-electron chi connectivity index (χ4n) is 1.92. The van der Waals surface area contributed by atoms with Crippen LogP contribution in [0.2, 0.25) is 0 Å². The summed E-state index contributed by atoms with van der Waals surface area (Å²) in [5.41, 5.74) is 0. The van der Waals surface area contributed by atoms with Crippen molar-refractivity contribution in [1.29, 1.82) is 0 Å². The van der Waals surface area contributed by atoms with E-state index >= 15 is 0 Å². The molecule has 0 aromatic heterocycles. The van der Waals surface area contributed by atoms with Crippen LogP contribution in [0, 0.1) is 0 Å². The number of carboxylic acid groups (broad SMARTS) is 2. The van der Waals surface area contributed by atoms with E-state index in [1.54, 1.807) is 0 Å². The van der Waals surface area contributed by atoms with Crippen LogP contribution in [-0.4, -0.2) is 65.3 Å². The molecule has 1 saturated heterocycles. The molecule has 130 valence electrons. The summed E-state index contributed by atoms with van der Waals surface area (Å²) in [6.07, 6.45) is 5.81. The third kappa shape index (κ3) is 16.0. The van der Waals surface area contributed by atoms with E-state index in [2.05, 4.69) is 21.1 Å². The quantitative estimate of drug-likeness (QED) is 0.377. The van der Waals surface area contributed by atoms with Crippen LogP contribution in [-0.2, 0) is 9.59 Å². The van der Waals surface area contributed by atoms with Crippen LogP contribution in [0.4, 0.5) is 0 Å². The maximum atomic E-state index is 10.2. The van der Waals surface area contributed by atoms with Crippen molar-refractivity contribution in [2.75, 3.05) is 33.4 Å². The molecule has 0 amide bonds. The largest absolute Gasteiger partial charge is 0.481 e. The van der Waals surface area contributed by atoms with Crippen LogP contribution in [0.1, 0.15) is 44.9 Å². The van der Waals surface area contributed by atoms with Crippen LogP contribution in [0.3, 0.4) is 0 Å². The van der Waals surface area contributed by atoms with E-state index < -0.39 is 11.9 Å². The number of hydrogen-bond donors (Lipinski definition) is 2. The molecule has 1 aliphatic heterocycles. The Morgan fingerprint density at radius 3 is 2.09 bits per heavy atom. The van der Waals surface area contributed by atoms with E-state index in [4.69, 9.17) is 10.2 Å². The predicted molar refractivity (Wildman–Crippen MR) is 94.3 cm³/mol. The van der Waals surface area contributed by atoms with Gasteiger partial charge in [0.2, 0.25) is 0 Å². The van der Waals surface area contributed by atoms with E-state index in [-0.39, 0.29) is 6.42 Å². The Bertz CT molecular complexity index is 326. The van der Waals surface area contributed by atoms with Crippen molar-refractivity contribution < 1.29 is 24.3 Å². The monoisotopic (exact) mass is 352 g/mol. The van der Waals surface area contributed by atoms with Gasteiger partial charge in [-0.05, 0) is 19.3 Å². The maximum Gasteiger partial charge on any atom is 0.303 e. The molecule has 1 aliphatic rings. The van der Waals surface area contributed by atoms with Crippen LogP contribution in [0.5, 0.6) is 0 Å². The minimum atomic E-state index is -0.701. The zero-order chi connectivity index (χ0) is 17.0. The van der Waals surface area contributed by atoms with Gasteiger partial charge in [0.05, 0.1) is 34.1 Å². The average molecular weight is 353 g/mol. The Balaban J connectivity index is 0.000000409. The fourth-order valence-corrected chi connectivity index (χ4v) is 4.94. The number of rotatable bonds is 9.